The maximum Gasteiger partial charge on any atom is 0.330 e. The van der Waals surface area contributed by atoms with E-state index in [9.17, 15) is 0 Å². The van der Waals surface area contributed by atoms with Crippen LogP contribution >= 0.6 is 0 Å². The van der Waals surface area contributed by atoms with Crippen LogP contribution in [-0.4, -0.2) is 53.2 Å². The Hall–Kier alpha value is -5.65. The van der Waals surface area contributed by atoms with E-state index in [1.54, 1.807) is 7.11 Å². The van der Waals surface area contributed by atoms with Gasteiger partial charge in [-0.3, -0.25) is 0 Å². The molecule has 1 aliphatic rings. The summed E-state index contributed by atoms with van der Waals surface area (Å²) in [7, 11) is 6.86. The van der Waals surface area contributed by atoms with E-state index in [1.165, 1.54) is 7.11 Å². The second kappa shape index (κ2) is 12.4. The largest absolute Gasteiger partial charge is 0.485 e. The van der Waals surface area contributed by atoms with Gasteiger partial charge in [-0.25, -0.2) is 0 Å². The fraction of sp³-hybridized carbons (Fsp3) is 0.265. The molecule has 0 saturated carbocycles. The number of hydrogen-bond acceptors (Lipinski definition) is 12. The SMILES string of the molecule is COc1nc2cc(n1)N(C)c1cc(C(C)(C)C)cc(c1OCc1ccccc1)N(C)c1nc(OC)nc(n1)Oc1cccc(c1)N2. The Kier molecular flexibility index (Phi) is 8.18. The zero-order chi connectivity index (χ0) is 32.4. The molecule has 236 valence electrons. The number of nitrogens with zero attached hydrogens (tertiary/aromatic N) is 7. The first kappa shape index (κ1) is 30.4. The summed E-state index contributed by atoms with van der Waals surface area (Å²) in [4.78, 5) is 26.7. The molecule has 12 heteroatoms. The summed E-state index contributed by atoms with van der Waals surface area (Å²) in [5, 5.41) is 3.35. The van der Waals surface area contributed by atoms with E-state index >= 15 is 0 Å². The van der Waals surface area contributed by atoms with E-state index in [4.69, 9.17) is 23.9 Å². The normalized spacial score (nSPS) is 12.6. The van der Waals surface area contributed by atoms with Crippen LogP contribution in [0.5, 0.6) is 29.5 Å². The minimum atomic E-state index is -0.228. The summed E-state index contributed by atoms with van der Waals surface area (Å²) in [6.07, 6.45) is 0. The number of anilines is 6. The molecule has 0 atom stereocenters. The zero-order valence-corrected chi connectivity index (χ0v) is 26.9. The van der Waals surface area contributed by atoms with Crippen LogP contribution in [0.1, 0.15) is 31.9 Å². The van der Waals surface area contributed by atoms with Crippen molar-refractivity contribution in [3.8, 4) is 29.5 Å². The predicted octanol–water partition coefficient (Wildman–Crippen LogP) is 6.94. The predicted molar refractivity (Wildman–Crippen MR) is 177 cm³/mol. The van der Waals surface area contributed by atoms with Gasteiger partial charge in [0.15, 0.2) is 5.75 Å². The van der Waals surface area contributed by atoms with Gasteiger partial charge in [0.05, 0.1) is 25.6 Å². The summed E-state index contributed by atoms with van der Waals surface area (Å²) in [5.74, 6) is 2.51. The molecule has 5 aromatic rings. The van der Waals surface area contributed by atoms with Gasteiger partial charge in [-0.05, 0) is 40.8 Å². The second-order valence-corrected chi connectivity index (χ2v) is 11.7. The highest BCUT2D eigenvalue weighted by molar-refractivity contribution is 5.81. The molecular weight excluding hydrogens is 584 g/mol. The third-order valence-corrected chi connectivity index (χ3v) is 7.46. The summed E-state index contributed by atoms with van der Waals surface area (Å²) in [6.45, 7) is 6.80. The lowest BCUT2D eigenvalue weighted by Crippen LogP contribution is -2.21. The average Bonchev–Trinajstić information content (AvgIpc) is 3.05. The highest BCUT2D eigenvalue weighted by Crippen LogP contribution is 2.46. The first-order valence-electron chi connectivity index (χ1n) is 14.7. The van der Waals surface area contributed by atoms with E-state index in [0.29, 0.717) is 35.7 Å². The van der Waals surface area contributed by atoms with E-state index in [-0.39, 0.29) is 23.4 Å². The van der Waals surface area contributed by atoms with Crippen LogP contribution in [0.15, 0.2) is 72.8 Å². The number of rotatable bonds is 5. The molecule has 2 aromatic heterocycles. The van der Waals surface area contributed by atoms with Crippen molar-refractivity contribution in [1.82, 2.24) is 24.9 Å². The Morgan fingerprint density at radius 2 is 1.48 bits per heavy atom. The highest BCUT2D eigenvalue weighted by Gasteiger charge is 2.27. The van der Waals surface area contributed by atoms with Crippen molar-refractivity contribution in [3.05, 3.63) is 83.9 Å². The van der Waals surface area contributed by atoms with Gasteiger partial charge < -0.3 is 34.1 Å². The number of aromatic nitrogens is 5. The molecule has 1 N–H and O–H groups in total. The molecule has 0 spiro atoms. The van der Waals surface area contributed by atoms with Crippen molar-refractivity contribution in [3.63, 3.8) is 0 Å². The van der Waals surface area contributed by atoms with Gasteiger partial charge in [-0.2, -0.15) is 19.9 Å². The van der Waals surface area contributed by atoms with Crippen LogP contribution < -0.4 is 34.1 Å². The van der Waals surface area contributed by atoms with Crippen LogP contribution in [0.3, 0.4) is 0 Å². The fourth-order valence-electron chi connectivity index (χ4n) is 4.88. The van der Waals surface area contributed by atoms with Crippen LogP contribution in [-0.2, 0) is 12.0 Å². The van der Waals surface area contributed by atoms with Gasteiger partial charge in [0, 0.05) is 31.9 Å². The third kappa shape index (κ3) is 6.41. The molecule has 0 amide bonds. The number of hydrogen-bond donors (Lipinski definition) is 1. The van der Waals surface area contributed by atoms with E-state index in [2.05, 4.69) is 58.2 Å². The smallest absolute Gasteiger partial charge is 0.330 e. The lowest BCUT2D eigenvalue weighted by molar-refractivity contribution is 0.307. The van der Waals surface area contributed by atoms with Gasteiger partial charge in [-0.1, -0.05) is 57.2 Å². The highest BCUT2D eigenvalue weighted by atomic mass is 16.5. The minimum absolute atomic E-state index is 0.0695. The lowest BCUT2D eigenvalue weighted by Gasteiger charge is -2.31. The van der Waals surface area contributed by atoms with Crippen LogP contribution in [0.2, 0.25) is 0 Å². The minimum Gasteiger partial charge on any atom is -0.485 e. The summed E-state index contributed by atoms with van der Waals surface area (Å²) in [6, 6.07) is 23.8. The molecular formula is C34H36N8O4. The van der Waals surface area contributed by atoms with E-state index < -0.39 is 0 Å². The molecule has 12 nitrogen and oxygen atoms in total. The Bertz CT molecular complexity index is 1760. The van der Waals surface area contributed by atoms with E-state index in [0.717, 1.165) is 28.2 Å². The molecule has 1 aliphatic heterocycles. The summed E-state index contributed by atoms with van der Waals surface area (Å²) >= 11 is 0. The van der Waals surface area contributed by atoms with Crippen molar-refractivity contribution < 1.29 is 18.9 Å². The van der Waals surface area contributed by atoms with Gasteiger partial charge >= 0.3 is 18.0 Å². The van der Waals surface area contributed by atoms with Gasteiger partial charge in [0.1, 0.15) is 24.0 Å². The lowest BCUT2D eigenvalue weighted by atomic mass is 9.86. The molecule has 46 heavy (non-hydrogen) atoms. The van der Waals surface area contributed by atoms with Crippen molar-refractivity contribution in [2.24, 2.45) is 0 Å². The van der Waals surface area contributed by atoms with Gasteiger partial charge in [-0.15, -0.1) is 4.98 Å². The van der Waals surface area contributed by atoms with Crippen molar-refractivity contribution in [2.45, 2.75) is 32.8 Å². The number of methoxy groups -OCH3 is 2. The molecule has 6 rings (SSSR count). The van der Waals surface area contributed by atoms with Crippen LogP contribution in [0, 0.1) is 0 Å². The second-order valence-electron chi connectivity index (χ2n) is 11.7. The van der Waals surface area contributed by atoms with E-state index in [1.807, 2.05) is 84.6 Å². The maximum absolute atomic E-state index is 6.69. The monoisotopic (exact) mass is 620 g/mol. The van der Waals surface area contributed by atoms with Crippen molar-refractivity contribution in [1.29, 1.82) is 0 Å². The van der Waals surface area contributed by atoms with Crippen LogP contribution in [0.25, 0.3) is 0 Å². The topological polar surface area (TPSA) is 120 Å². The first-order valence-corrected chi connectivity index (χ1v) is 14.7. The standard InChI is InChI=1S/C34H36N8O4/c1-34(2,3)22-16-25-29(45-20-21-12-9-8-10-13-21)26(17-22)42(5)30-38-32(44-7)40-33(39-30)46-24-15-11-14-23(18-24)35-27-19-28(41(25)4)37-31(36-27)43-6/h8-19H,20H2,1-7H3,(H,35,36,37). The molecule has 3 aromatic carbocycles. The Balaban J connectivity index is 1.63. The van der Waals surface area contributed by atoms with Gasteiger partial charge in [0.25, 0.3) is 0 Å². The molecule has 0 fully saturated rings. The molecule has 0 saturated heterocycles. The fourth-order valence-corrected chi connectivity index (χ4v) is 4.88. The summed E-state index contributed by atoms with van der Waals surface area (Å²) in [5.41, 5.74) is 4.05. The maximum atomic E-state index is 6.69. The number of ether oxygens (including phenoxy) is 4. The van der Waals surface area contributed by atoms with Crippen LogP contribution in [0.4, 0.5) is 34.6 Å². The average molecular weight is 621 g/mol. The molecule has 0 unspecified atom stereocenters. The molecule has 8 bridgehead atoms. The first-order chi connectivity index (χ1) is 22.1. The molecule has 0 aliphatic carbocycles. The molecule has 0 radical (unpaired) electrons. The quantitative estimate of drug-likeness (QED) is 0.219. The Labute approximate surface area is 268 Å². The summed E-state index contributed by atoms with van der Waals surface area (Å²) < 4.78 is 23.8. The Morgan fingerprint density at radius 3 is 2.20 bits per heavy atom. The molecule has 3 heterocycles. The third-order valence-electron chi connectivity index (χ3n) is 7.46. The zero-order valence-electron chi connectivity index (χ0n) is 26.9. The Morgan fingerprint density at radius 1 is 0.761 bits per heavy atom. The van der Waals surface area contributed by atoms with Gasteiger partial charge in [0.2, 0.25) is 5.95 Å². The number of benzene rings is 3. The van der Waals surface area contributed by atoms with Crippen molar-refractivity contribution in [2.75, 3.05) is 43.4 Å². The van der Waals surface area contributed by atoms with Crippen molar-refractivity contribution >= 4 is 34.6 Å². The number of nitrogens with one attached hydrogen (secondary N) is 1. The number of fused-ring (bicyclic) bond motifs is 8.